The summed E-state index contributed by atoms with van der Waals surface area (Å²) in [5, 5.41) is 2.56. The fourth-order valence-electron chi connectivity index (χ4n) is 2.77. The Morgan fingerprint density at radius 1 is 1.18 bits per heavy atom. The number of ether oxygens (including phenoxy) is 2. The van der Waals surface area contributed by atoms with Gasteiger partial charge in [0.1, 0.15) is 17.1 Å². The second-order valence-electron chi connectivity index (χ2n) is 5.74. The summed E-state index contributed by atoms with van der Waals surface area (Å²) in [6.45, 7) is 2.31. The Balaban J connectivity index is 2.08. The van der Waals surface area contributed by atoms with Crippen LogP contribution in [0.2, 0.25) is 0 Å². The Kier molecular flexibility index (Phi) is 6.11. The van der Waals surface area contributed by atoms with Crippen LogP contribution >= 0.6 is 28.1 Å². The molecule has 0 aromatic heterocycles. The number of carbonyl (C=O) groups excluding carboxylic acids is 2. The van der Waals surface area contributed by atoms with E-state index in [1.807, 2.05) is 13.0 Å². The maximum absolute atomic E-state index is 13.2. The number of para-hydroxylation sites is 2. The van der Waals surface area contributed by atoms with Crippen molar-refractivity contribution in [3.05, 3.63) is 58.1 Å². The first-order valence-electron chi connectivity index (χ1n) is 8.43. The highest BCUT2D eigenvalue weighted by Gasteiger charge is 2.35. The third-order valence-electron chi connectivity index (χ3n) is 4.00. The van der Waals surface area contributed by atoms with Crippen molar-refractivity contribution in [3.8, 4) is 11.5 Å². The zero-order valence-corrected chi connectivity index (χ0v) is 17.6. The van der Waals surface area contributed by atoms with E-state index >= 15 is 0 Å². The van der Waals surface area contributed by atoms with E-state index in [4.69, 9.17) is 21.7 Å². The number of carbonyl (C=O) groups is 2. The highest BCUT2D eigenvalue weighted by molar-refractivity contribution is 9.10. The Hall–Kier alpha value is -2.71. The van der Waals surface area contributed by atoms with Crippen molar-refractivity contribution < 1.29 is 19.1 Å². The fourth-order valence-corrected chi connectivity index (χ4v) is 3.42. The number of hydrogen-bond donors (Lipinski definition) is 1. The molecule has 2 aromatic carbocycles. The van der Waals surface area contributed by atoms with Crippen molar-refractivity contribution in [1.82, 2.24) is 5.32 Å². The van der Waals surface area contributed by atoms with Gasteiger partial charge in [-0.15, -0.1) is 0 Å². The van der Waals surface area contributed by atoms with Crippen molar-refractivity contribution >= 4 is 56.8 Å². The smallest absolute Gasteiger partial charge is 0.270 e. The molecule has 3 rings (SSSR count). The number of methoxy groups -OCH3 is 1. The number of anilines is 1. The van der Waals surface area contributed by atoms with Crippen molar-refractivity contribution in [2.45, 2.75) is 6.92 Å². The quantitative estimate of drug-likeness (QED) is 0.418. The summed E-state index contributed by atoms with van der Waals surface area (Å²) in [5.41, 5.74) is 0.992. The summed E-state index contributed by atoms with van der Waals surface area (Å²) in [5.74, 6) is -0.0776. The highest BCUT2D eigenvalue weighted by Crippen LogP contribution is 2.32. The van der Waals surface area contributed by atoms with Gasteiger partial charge in [-0.2, -0.15) is 0 Å². The monoisotopic (exact) mass is 460 g/mol. The molecular weight excluding hydrogens is 444 g/mol. The number of nitrogens with zero attached hydrogens (tertiary/aromatic N) is 1. The normalized spacial score (nSPS) is 15.6. The van der Waals surface area contributed by atoms with Crippen LogP contribution in [0, 0.1) is 0 Å². The Morgan fingerprint density at radius 3 is 2.64 bits per heavy atom. The molecule has 0 radical (unpaired) electrons. The first-order valence-corrected chi connectivity index (χ1v) is 9.63. The molecule has 1 fully saturated rings. The lowest BCUT2D eigenvalue weighted by Crippen LogP contribution is -2.54. The van der Waals surface area contributed by atoms with Gasteiger partial charge in [0, 0.05) is 10.0 Å². The average molecular weight is 461 g/mol. The van der Waals surface area contributed by atoms with Gasteiger partial charge in [-0.3, -0.25) is 14.9 Å². The zero-order valence-electron chi connectivity index (χ0n) is 15.2. The molecule has 144 valence electrons. The predicted octanol–water partition coefficient (Wildman–Crippen LogP) is 3.69. The van der Waals surface area contributed by atoms with E-state index in [9.17, 15) is 9.59 Å². The van der Waals surface area contributed by atoms with Crippen LogP contribution in [0.1, 0.15) is 12.5 Å². The molecule has 1 heterocycles. The summed E-state index contributed by atoms with van der Waals surface area (Å²) in [6, 6.07) is 12.3. The van der Waals surface area contributed by atoms with E-state index < -0.39 is 11.8 Å². The van der Waals surface area contributed by atoms with Gasteiger partial charge in [0.2, 0.25) is 0 Å². The number of amides is 2. The van der Waals surface area contributed by atoms with E-state index in [-0.39, 0.29) is 10.7 Å². The van der Waals surface area contributed by atoms with Crippen molar-refractivity contribution in [1.29, 1.82) is 0 Å². The number of thiocarbonyl (C=S) groups is 1. The van der Waals surface area contributed by atoms with Crippen molar-refractivity contribution in [2.75, 3.05) is 18.6 Å². The van der Waals surface area contributed by atoms with Crippen LogP contribution in [0.4, 0.5) is 5.69 Å². The lowest BCUT2D eigenvalue weighted by Gasteiger charge is -2.29. The van der Waals surface area contributed by atoms with Crippen molar-refractivity contribution in [2.24, 2.45) is 0 Å². The summed E-state index contributed by atoms with van der Waals surface area (Å²) in [7, 11) is 1.50. The van der Waals surface area contributed by atoms with Crippen LogP contribution in [0.5, 0.6) is 11.5 Å². The van der Waals surface area contributed by atoms with Gasteiger partial charge in [0.05, 0.1) is 19.4 Å². The van der Waals surface area contributed by atoms with Gasteiger partial charge >= 0.3 is 0 Å². The number of nitrogens with one attached hydrogen (secondary N) is 1. The van der Waals surface area contributed by atoms with E-state index in [0.29, 0.717) is 29.4 Å². The molecule has 8 heteroatoms. The molecule has 0 bridgehead atoms. The van der Waals surface area contributed by atoms with Gasteiger partial charge in [-0.25, -0.2) is 4.90 Å². The number of hydrogen-bond acceptors (Lipinski definition) is 5. The average Bonchev–Trinajstić information content (AvgIpc) is 2.67. The lowest BCUT2D eigenvalue weighted by molar-refractivity contribution is -0.122. The molecule has 2 amide bonds. The molecule has 0 saturated carbocycles. The van der Waals surface area contributed by atoms with E-state index in [2.05, 4.69) is 21.2 Å². The molecule has 1 N–H and O–H groups in total. The summed E-state index contributed by atoms with van der Waals surface area (Å²) in [4.78, 5) is 26.9. The molecule has 6 nitrogen and oxygen atoms in total. The van der Waals surface area contributed by atoms with Gasteiger partial charge in [0.15, 0.2) is 5.11 Å². The van der Waals surface area contributed by atoms with Gasteiger partial charge in [-0.1, -0.05) is 28.1 Å². The topological polar surface area (TPSA) is 67.9 Å². The van der Waals surface area contributed by atoms with Crippen LogP contribution in [-0.4, -0.2) is 30.6 Å². The van der Waals surface area contributed by atoms with E-state index in [1.165, 1.54) is 18.1 Å². The first-order chi connectivity index (χ1) is 13.5. The van der Waals surface area contributed by atoms with E-state index in [1.54, 1.807) is 36.4 Å². The van der Waals surface area contributed by atoms with Crippen molar-refractivity contribution in [3.63, 3.8) is 0 Å². The molecule has 28 heavy (non-hydrogen) atoms. The molecule has 0 spiro atoms. The Labute approximate surface area is 176 Å². The van der Waals surface area contributed by atoms with Crippen LogP contribution < -0.4 is 19.7 Å². The minimum absolute atomic E-state index is 0.00377. The molecule has 0 atom stereocenters. The standard InChI is InChI=1S/C20H17BrN2O4S/c1-3-27-16-9-8-13(21)10-12(16)11-14-18(24)22-20(28)23(19(14)25)15-6-4-5-7-17(15)26-2/h4-11H,3H2,1-2H3,(H,22,24,28)/b14-11+. The molecule has 0 unspecified atom stereocenters. The summed E-state index contributed by atoms with van der Waals surface area (Å²) < 4.78 is 11.7. The van der Waals surface area contributed by atoms with Gasteiger partial charge in [-0.05, 0) is 55.5 Å². The third kappa shape index (κ3) is 3.93. The number of benzene rings is 2. The fraction of sp³-hybridized carbons (Fsp3) is 0.150. The maximum Gasteiger partial charge on any atom is 0.270 e. The van der Waals surface area contributed by atoms with Crippen LogP contribution in [0.15, 0.2) is 52.5 Å². The van der Waals surface area contributed by atoms with E-state index in [0.717, 1.165) is 4.47 Å². The van der Waals surface area contributed by atoms with Crippen LogP contribution in [0.3, 0.4) is 0 Å². The second kappa shape index (κ2) is 8.53. The van der Waals surface area contributed by atoms with Gasteiger partial charge < -0.3 is 9.47 Å². The molecule has 1 aliphatic rings. The lowest BCUT2D eigenvalue weighted by atomic mass is 10.1. The minimum atomic E-state index is -0.566. The SMILES string of the molecule is CCOc1ccc(Br)cc1/C=C1\C(=O)NC(=S)N(c2ccccc2OC)C1=O. The van der Waals surface area contributed by atoms with Gasteiger partial charge in [0.25, 0.3) is 11.8 Å². The second-order valence-corrected chi connectivity index (χ2v) is 7.05. The zero-order chi connectivity index (χ0) is 20.3. The minimum Gasteiger partial charge on any atom is -0.495 e. The highest BCUT2D eigenvalue weighted by atomic mass is 79.9. The summed E-state index contributed by atoms with van der Waals surface area (Å²) >= 11 is 8.64. The molecule has 2 aromatic rings. The summed E-state index contributed by atoms with van der Waals surface area (Å²) in [6.07, 6.45) is 1.50. The first kappa shape index (κ1) is 20.0. The Bertz CT molecular complexity index is 990. The molecular formula is C20H17BrN2O4S. The molecule has 1 saturated heterocycles. The molecule has 1 aliphatic heterocycles. The third-order valence-corrected chi connectivity index (χ3v) is 4.78. The number of halogens is 1. The molecule has 0 aliphatic carbocycles. The predicted molar refractivity (Wildman–Crippen MR) is 115 cm³/mol. The van der Waals surface area contributed by atoms with Crippen LogP contribution in [-0.2, 0) is 9.59 Å². The van der Waals surface area contributed by atoms with Crippen LogP contribution in [0.25, 0.3) is 6.08 Å². The maximum atomic E-state index is 13.2. The Morgan fingerprint density at radius 2 is 1.93 bits per heavy atom. The number of rotatable bonds is 5. The largest absolute Gasteiger partial charge is 0.495 e.